The highest BCUT2D eigenvalue weighted by atomic mass is 35.5. The van der Waals surface area contributed by atoms with Gasteiger partial charge in [0.1, 0.15) is 10.7 Å². The molecule has 30 heavy (non-hydrogen) atoms. The number of hydrogen-bond donors (Lipinski definition) is 1. The van der Waals surface area contributed by atoms with E-state index >= 15 is 0 Å². The molecule has 10 heteroatoms. The molecule has 1 atom stereocenters. The summed E-state index contributed by atoms with van der Waals surface area (Å²) in [6.07, 6.45) is -1.25. The maximum Gasteiger partial charge on any atom is 0.338 e. The number of rotatable bonds is 8. The first-order valence-electron chi connectivity index (χ1n) is 9.17. The lowest BCUT2D eigenvalue weighted by atomic mass is 10.2. The topological polar surface area (TPSA) is 92.8 Å². The number of nitrogens with zero attached hydrogens (tertiary/aromatic N) is 1. The highest BCUT2D eigenvalue weighted by molar-refractivity contribution is 7.89. The van der Waals surface area contributed by atoms with E-state index in [-0.39, 0.29) is 34.3 Å². The van der Waals surface area contributed by atoms with Gasteiger partial charge in [-0.05, 0) is 37.3 Å². The lowest BCUT2D eigenvalue weighted by Gasteiger charge is -2.20. The Hall–Kier alpha value is -2.49. The molecule has 2 aromatic rings. The predicted octanol–water partition coefficient (Wildman–Crippen LogP) is 3.69. The molecule has 0 aromatic heterocycles. The first-order chi connectivity index (χ1) is 14.1. The second kappa shape index (κ2) is 10.0. The van der Waals surface area contributed by atoms with Crippen molar-refractivity contribution in [3.63, 3.8) is 0 Å². The van der Waals surface area contributed by atoms with Crippen molar-refractivity contribution < 1.29 is 27.1 Å². The number of carbonyl (C=O) groups is 2. The summed E-state index contributed by atoms with van der Waals surface area (Å²) in [6, 6.07) is 9.24. The minimum atomic E-state index is -3.91. The Kier molecular flexibility index (Phi) is 7.94. The summed E-state index contributed by atoms with van der Waals surface area (Å²) >= 11 is 6.05. The van der Waals surface area contributed by atoms with E-state index in [0.29, 0.717) is 0 Å². The third-order valence-corrected chi connectivity index (χ3v) is 6.81. The van der Waals surface area contributed by atoms with Crippen molar-refractivity contribution in [1.82, 2.24) is 4.31 Å². The van der Waals surface area contributed by atoms with Crippen LogP contribution < -0.4 is 5.32 Å². The van der Waals surface area contributed by atoms with Crippen LogP contribution in [0.2, 0.25) is 5.02 Å². The maximum atomic E-state index is 13.7. The number of anilines is 1. The Balaban J connectivity index is 2.19. The van der Waals surface area contributed by atoms with Gasteiger partial charge in [-0.25, -0.2) is 17.6 Å². The molecule has 0 radical (unpaired) electrons. The van der Waals surface area contributed by atoms with Crippen LogP contribution in [0.25, 0.3) is 0 Å². The predicted molar refractivity (Wildman–Crippen MR) is 111 cm³/mol. The molecule has 0 saturated carbocycles. The fourth-order valence-corrected chi connectivity index (χ4v) is 4.57. The third kappa shape index (κ3) is 5.35. The molecular weight excluding hydrogens is 435 g/mol. The van der Waals surface area contributed by atoms with E-state index < -0.39 is 33.8 Å². The van der Waals surface area contributed by atoms with Crippen molar-refractivity contribution in [3.05, 3.63) is 58.9 Å². The van der Waals surface area contributed by atoms with Crippen LogP contribution in [0, 0.1) is 5.82 Å². The first kappa shape index (κ1) is 23.8. The number of esters is 1. The summed E-state index contributed by atoms with van der Waals surface area (Å²) in [5, 5.41) is 2.29. The Morgan fingerprint density at radius 2 is 1.80 bits per heavy atom. The molecule has 2 rings (SSSR count). The third-order valence-electron chi connectivity index (χ3n) is 4.27. The van der Waals surface area contributed by atoms with Gasteiger partial charge in [-0.3, -0.25) is 4.79 Å². The summed E-state index contributed by atoms with van der Waals surface area (Å²) < 4.78 is 45.5. The molecule has 7 nitrogen and oxygen atoms in total. The quantitative estimate of drug-likeness (QED) is 0.611. The molecule has 0 bridgehead atoms. The summed E-state index contributed by atoms with van der Waals surface area (Å²) in [5.41, 5.74) is -0.139. The highest BCUT2D eigenvalue weighted by Gasteiger charge is 2.27. The van der Waals surface area contributed by atoms with Gasteiger partial charge in [0.15, 0.2) is 6.10 Å². The molecule has 0 heterocycles. The lowest BCUT2D eigenvalue weighted by Crippen LogP contribution is -2.31. The standard InChI is InChI=1S/C20H22ClFN2O5S/c1-4-24(5-2)30(27,28)18-12-14(10-11-15(18)21)20(26)29-13(3)19(25)23-17-9-7-6-8-16(17)22/h6-13H,4-5H2,1-3H3,(H,23,25). The number of hydrogen-bond acceptors (Lipinski definition) is 5. The van der Waals surface area contributed by atoms with Crippen LogP contribution in [-0.4, -0.2) is 43.8 Å². The Morgan fingerprint density at radius 3 is 2.40 bits per heavy atom. The summed E-state index contributed by atoms with van der Waals surface area (Å²) in [7, 11) is -3.91. The van der Waals surface area contributed by atoms with Gasteiger partial charge in [0.2, 0.25) is 10.0 Å². The van der Waals surface area contributed by atoms with Crippen LogP contribution >= 0.6 is 11.6 Å². The minimum absolute atomic E-state index is 0.0382. The van der Waals surface area contributed by atoms with Crippen LogP contribution in [0.15, 0.2) is 47.4 Å². The number of para-hydroxylation sites is 1. The molecule has 2 aromatic carbocycles. The second-order valence-corrected chi connectivity index (χ2v) is 8.56. The summed E-state index contributed by atoms with van der Waals surface area (Å²) in [6.45, 7) is 5.15. The van der Waals surface area contributed by atoms with Gasteiger partial charge < -0.3 is 10.1 Å². The van der Waals surface area contributed by atoms with Crippen molar-refractivity contribution in [1.29, 1.82) is 0 Å². The highest BCUT2D eigenvalue weighted by Crippen LogP contribution is 2.26. The summed E-state index contributed by atoms with van der Waals surface area (Å²) in [4.78, 5) is 24.4. The number of halogens is 2. The molecule has 0 saturated heterocycles. The van der Waals surface area contributed by atoms with Crippen LogP contribution in [0.3, 0.4) is 0 Å². The van der Waals surface area contributed by atoms with E-state index in [1.54, 1.807) is 19.9 Å². The monoisotopic (exact) mass is 456 g/mol. The molecule has 0 spiro atoms. The molecule has 0 aliphatic heterocycles. The first-order valence-corrected chi connectivity index (χ1v) is 11.0. The fraction of sp³-hybridized carbons (Fsp3) is 0.300. The minimum Gasteiger partial charge on any atom is -0.449 e. The number of carbonyl (C=O) groups excluding carboxylic acids is 2. The second-order valence-electron chi connectivity index (χ2n) is 6.25. The van der Waals surface area contributed by atoms with Crippen molar-refractivity contribution in [2.24, 2.45) is 0 Å². The van der Waals surface area contributed by atoms with Crippen molar-refractivity contribution in [2.45, 2.75) is 31.8 Å². The van der Waals surface area contributed by atoms with Crippen LogP contribution in [0.1, 0.15) is 31.1 Å². The molecule has 1 amide bonds. The maximum absolute atomic E-state index is 13.7. The Morgan fingerprint density at radius 1 is 1.17 bits per heavy atom. The van der Waals surface area contributed by atoms with E-state index in [9.17, 15) is 22.4 Å². The van der Waals surface area contributed by atoms with E-state index in [0.717, 1.165) is 6.07 Å². The van der Waals surface area contributed by atoms with E-state index in [1.807, 2.05) is 0 Å². The molecule has 1 N–H and O–H groups in total. The lowest BCUT2D eigenvalue weighted by molar-refractivity contribution is -0.123. The normalized spacial score (nSPS) is 12.5. The molecule has 1 unspecified atom stereocenters. The van der Waals surface area contributed by atoms with Gasteiger partial charge in [-0.15, -0.1) is 0 Å². The zero-order valence-corrected chi connectivity index (χ0v) is 18.3. The van der Waals surface area contributed by atoms with E-state index in [1.165, 1.54) is 41.6 Å². The van der Waals surface area contributed by atoms with Crippen molar-refractivity contribution in [2.75, 3.05) is 18.4 Å². The number of sulfonamides is 1. The zero-order valence-electron chi connectivity index (χ0n) is 16.7. The fourth-order valence-electron chi connectivity index (χ4n) is 2.61. The number of amides is 1. The molecule has 0 aliphatic rings. The Bertz CT molecular complexity index is 1040. The van der Waals surface area contributed by atoms with Gasteiger partial charge >= 0.3 is 5.97 Å². The molecule has 0 fully saturated rings. The molecule has 0 aliphatic carbocycles. The van der Waals surface area contributed by atoms with Gasteiger partial charge in [-0.2, -0.15) is 4.31 Å². The van der Waals surface area contributed by atoms with Gasteiger partial charge in [0, 0.05) is 13.1 Å². The van der Waals surface area contributed by atoms with Gasteiger partial charge in [0.05, 0.1) is 16.3 Å². The van der Waals surface area contributed by atoms with Gasteiger partial charge in [0.25, 0.3) is 5.91 Å². The summed E-state index contributed by atoms with van der Waals surface area (Å²) in [5.74, 6) is -2.29. The largest absolute Gasteiger partial charge is 0.449 e. The van der Waals surface area contributed by atoms with Crippen molar-refractivity contribution in [3.8, 4) is 0 Å². The smallest absolute Gasteiger partial charge is 0.338 e. The average molecular weight is 457 g/mol. The number of nitrogens with one attached hydrogen (secondary N) is 1. The number of ether oxygens (including phenoxy) is 1. The van der Waals surface area contributed by atoms with Crippen molar-refractivity contribution >= 4 is 39.2 Å². The van der Waals surface area contributed by atoms with Crippen LogP contribution in [0.5, 0.6) is 0 Å². The molecule has 162 valence electrons. The van der Waals surface area contributed by atoms with Crippen LogP contribution in [-0.2, 0) is 19.6 Å². The SMILES string of the molecule is CCN(CC)S(=O)(=O)c1cc(C(=O)OC(C)C(=O)Nc2ccccc2F)ccc1Cl. The average Bonchev–Trinajstić information content (AvgIpc) is 2.70. The van der Waals surface area contributed by atoms with Gasteiger partial charge in [-0.1, -0.05) is 37.6 Å². The number of benzene rings is 2. The van der Waals surface area contributed by atoms with Crippen LogP contribution in [0.4, 0.5) is 10.1 Å². The van der Waals surface area contributed by atoms with E-state index in [4.69, 9.17) is 16.3 Å². The Labute approximate surface area is 179 Å². The molecular formula is C20H22ClFN2O5S. The van der Waals surface area contributed by atoms with E-state index in [2.05, 4.69) is 5.32 Å². The zero-order chi connectivity index (χ0) is 22.5.